The first-order valence-electron chi connectivity index (χ1n) is 27.4. The van der Waals surface area contributed by atoms with Crippen LogP contribution in [0.3, 0.4) is 0 Å². The van der Waals surface area contributed by atoms with E-state index in [1.165, 1.54) is 5.57 Å². The topological polar surface area (TPSA) is 26.3 Å². The average Bonchev–Trinajstić information content (AvgIpc) is 3.77. The summed E-state index contributed by atoms with van der Waals surface area (Å²) in [6.45, 7) is 2.41. The Morgan fingerprint density at radius 1 is 0.324 bits per heavy atom. The van der Waals surface area contributed by atoms with Gasteiger partial charge in [-0.3, -0.25) is 0 Å². The maximum atomic E-state index is 15.5. The van der Waals surface area contributed by atoms with Gasteiger partial charge in [-0.2, -0.15) is 0 Å². The number of carbonyl (C=O) groups is 1. The standard InChI is InChI=1S/C72H12O2/c1-9-7-11(74-70(73)10-5-3-2-4-6-10)72-68-62-56-46-34-26-18-14-12-13-16-20(18)28(34)38-32-24(16)25-17(13)21-19-15(12)23-22(14)30-36(26)44-50-40(30)41-31(23)37-27(19)35-29(21)39-33(25)43-42(32)54(48(38)56)64(68)65-55(43)49(39)57-47(35)53-45(37)51(41)59-58(50)66(60(62)52(44)46)71(72,8-9)67(59)61(53)63(57)69(65)72/h2-7,11H,8H2,1H3. The maximum Gasteiger partial charge on any atom is 0.338 e. The number of hydrogen-bond donors (Lipinski definition) is 0. The van der Waals surface area contributed by atoms with E-state index in [1.807, 2.05) is 30.3 Å². The largest absolute Gasteiger partial charge is 0.453 e. The zero-order chi connectivity index (χ0) is 44.5. The van der Waals surface area contributed by atoms with Gasteiger partial charge < -0.3 is 4.74 Å². The predicted octanol–water partition coefficient (Wildman–Crippen LogP) is 18.9. The van der Waals surface area contributed by atoms with E-state index >= 15 is 4.79 Å². The fourth-order valence-electron chi connectivity index (χ4n) is 26.0. The Morgan fingerprint density at radius 3 is 0.784 bits per heavy atom. The lowest BCUT2D eigenvalue weighted by Gasteiger charge is -2.58. The molecule has 29 aromatic rings. The van der Waals surface area contributed by atoms with Crippen LogP contribution < -0.4 is 0 Å². The van der Waals surface area contributed by atoms with Gasteiger partial charge in [0.25, 0.3) is 0 Å². The minimum absolute atomic E-state index is 0.200. The van der Waals surface area contributed by atoms with Crippen LogP contribution in [0.25, 0.3) is 291 Å². The molecule has 0 aromatic heterocycles. The van der Waals surface area contributed by atoms with Crippen molar-refractivity contribution in [3.8, 4) is 0 Å². The molecule has 2 spiro atoms. The summed E-state index contributed by atoms with van der Waals surface area (Å²) in [5.74, 6) is -0.200. The molecule has 0 radical (unpaired) electrons. The molecule has 1 atom stereocenters. The Morgan fingerprint density at radius 2 is 0.541 bits per heavy atom. The second-order valence-corrected chi connectivity index (χ2v) is 26.8. The number of hydrogen-bond acceptors (Lipinski definition) is 2. The van der Waals surface area contributed by atoms with Crippen molar-refractivity contribution in [2.75, 3.05) is 0 Å². The summed E-state index contributed by atoms with van der Waals surface area (Å²) in [7, 11) is 0. The molecule has 0 N–H and O–H groups in total. The summed E-state index contributed by atoms with van der Waals surface area (Å²) >= 11 is 0. The Hall–Kier alpha value is -9.11. The van der Waals surface area contributed by atoms with Gasteiger partial charge in [0.15, 0.2) is 0 Å². The van der Waals surface area contributed by atoms with E-state index in [9.17, 15) is 0 Å². The summed E-state index contributed by atoms with van der Waals surface area (Å²) in [5.41, 5.74) is 7.17. The van der Waals surface area contributed by atoms with Crippen LogP contribution in [0.5, 0.6) is 0 Å². The Labute approximate surface area is 404 Å². The number of esters is 1. The van der Waals surface area contributed by atoms with E-state index in [1.54, 1.807) is 313 Å². The van der Waals surface area contributed by atoms with E-state index in [-0.39, 0.29) is 5.97 Å². The Kier molecular flexibility index (Phi) is 2.49. The molecular formula is C72H12O2. The highest BCUT2D eigenvalue weighted by Crippen LogP contribution is 2.86. The van der Waals surface area contributed by atoms with Crippen LogP contribution in [0.2, 0.25) is 0 Å². The third-order valence-electron chi connectivity index (χ3n) is 26.2. The molecule has 2 heteroatoms. The molecule has 0 fully saturated rings. The summed E-state index contributed by atoms with van der Waals surface area (Å²) in [5, 5.41) is 86.1. The molecule has 0 saturated heterocycles. The molecule has 5 aliphatic rings. The lowest BCUT2D eigenvalue weighted by molar-refractivity contribution is 0.0138. The molecule has 0 aliphatic heterocycles. The molecule has 5 aliphatic carbocycles. The highest BCUT2D eigenvalue weighted by molar-refractivity contribution is 6.82. The smallest absolute Gasteiger partial charge is 0.338 e. The average molecular weight is 909 g/mol. The molecule has 0 amide bonds. The Bertz CT molecular complexity index is 7410. The Balaban J connectivity index is 1.11. The first-order chi connectivity index (χ1) is 36.7. The zero-order valence-electron chi connectivity index (χ0n) is 38.1. The van der Waals surface area contributed by atoms with Crippen molar-refractivity contribution in [2.24, 2.45) is 0 Å². The first kappa shape index (κ1) is 28.2. The predicted molar refractivity (Wildman–Crippen MR) is 308 cm³/mol. The monoisotopic (exact) mass is 908 g/mol. The number of rotatable bonds is 2. The summed E-state index contributed by atoms with van der Waals surface area (Å²) < 4.78 is 7.64. The second kappa shape index (κ2) is 6.52. The van der Waals surface area contributed by atoms with Gasteiger partial charge in [0.05, 0.1) is 11.0 Å². The van der Waals surface area contributed by atoms with Crippen LogP contribution in [-0.4, -0.2) is 12.1 Å². The third kappa shape index (κ3) is 1.54. The van der Waals surface area contributed by atoms with Gasteiger partial charge in [-0.25, -0.2) is 4.79 Å². The second-order valence-electron chi connectivity index (χ2n) is 26.8. The molecular weight excluding hydrogens is 897 g/mol. The van der Waals surface area contributed by atoms with Crippen molar-refractivity contribution in [3.05, 3.63) is 69.8 Å². The van der Waals surface area contributed by atoms with Gasteiger partial charge in [-0.1, -0.05) is 23.8 Å². The van der Waals surface area contributed by atoms with Gasteiger partial charge in [-0.15, -0.1) is 0 Å². The van der Waals surface area contributed by atoms with Crippen LogP contribution in [0, 0.1) is 0 Å². The molecule has 0 heterocycles. The van der Waals surface area contributed by atoms with Gasteiger partial charge in [0.2, 0.25) is 0 Å². The summed E-state index contributed by atoms with van der Waals surface area (Å²) in [6, 6.07) is 9.99. The molecule has 2 nitrogen and oxygen atoms in total. The molecule has 74 heavy (non-hydrogen) atoms. The lowest BCUT2D eigenvalue weighted by Crippen LogP contribution is -2.61. The van der Waals surface area contributed by atoms with Crippen molar-refractivity contribution in [1.82, 2.24) is 0 Å². The van der Waals surface area contributed by atoms with E-state index in [0.717, 1.165) is 6.42 Å². The van der Waals surface area contributed by atoms with Crippen molar-refractivity contribution in [1.29, 1.82) is 0 Å². The number of allylic oxidation sites excluding steroid dienone is 1. The van der Waals surface area contributed by atoms with Crippen LogP contribution in [0.15, 0.2) is 42.0 Å². The maximum absolute atomic E-state index is 15.5. The van der Waals surface area contributed by atoms with E-state index < -0.39 is 16.9 Å². The number of benzene rings is 19. The van der Waals surface area contributed by atoms with Crippen LogP contribution in [0.4, 0.5) is 0 Å². The number of carbonyl (C=O) groups excluding carboxylic acids is 1. The van der Waals surface area contributed by atoms with Gasteiger partial charge in [0.1, 0.15) is 6.10 Å². The minimum Gasteiger partial charge on any atom is -0.453 e. The zero-order valence-corrected chi connectivity index (χ0v) is 38.1. The van der Waals surface area contributed by atoms with Crippen molar-refractivity contribution in [2.45, 2.75) is 30.3 Å². The summed E-state index contributed by atoms with van der Waals surface area (Å²) in [6.07, 6.45) is 2.92. The van der Waals surface area contributed by atoms with Crippen LogP contribution >= 0.6 is 0 Å². The molecule has 1 unspecified atom stereocenters. The SMILES string of the molecule is CC1=CC(OC(=O)c2ccccc2)C23c4c5c6c7c8c9c(c%10c%11c2c2c4c4c%12c5c5c6c6c8c8c%13c9c9c%10c%10c%11c%11c2c2c4c4c%12c%12c5c5c6c8c6c8c%13c9c9c%10c%10c%11c2c2c4c4c%12c5c6c5c8c9c%10c2c45)C73C1. The van der Waals surface area contributed by atoms with Crippen molar-refractivity contribution >= 4 is 297 Å². The highest BCUT2D eigenvalue weighted by Gasteiger charge is 2.73. The summed E-state index contributed by atoms with van der Waals surface area (Å²) in [4.78, 5) is 15.5. The molecule has 34 rings (SSSR count). The molecule has 0 saturated carbocycles. The van der Waals surface area contributed by atoms with E-state index in [4.69, 9.17) is 4.74 Å². The van der Waals surface area contributed by atoms with E-state index in [2.05, 4.69) is 13.0 Å². The fourth-order valence-corrected chi connectivity index (χ4v) is 26.0. The molecule has 29 aromatic carbocycles. The van der Waals surface area contributed by atoms with Gasteiger partial charge in [0, 0.05) is 5.41 Å². The van der Waals surface area contributed by atoms with Crippen molar-refractivity contribution in [3.63, 3.8) is 0 Å². The fraction of sp³-hybridized carbons (Fsp3) is 0.0694. The molecule has 312 valence electrons. The lowest BCUT2D eigenvalue weighted by atomic mass is 9.43. The quantitative estimate of drug-likeness (QED) is 0.0981. The number of ether oxygens (including phenoxy) is 1. The third-order valence-corrected chi connectivity index (χ3v) is 26.2. The van der Waals surface area contributed by atoms with E-state index in [0.29, 0.717) is 5.56 Å². The van der Waals surface area contributed by atoms with Gasteiger partial charge >= 0.3 is 5.97 Å². The van der Waals surface area contributed by atoms with Crippen LogP contribution in [0.1, 0.15) is 46.0 Å². The molecule has 0 bridgehead atoms. The minimum atomic E-state index is -0.678. The highest BCUT2D eigenvalue weighted by atomic mass is 16.5. The van der Waals surface area contributed by atoms with Crippen LogP contribution in [-0.2, 0) is 15.6 Å². The van der Waals surface area contributed by atoms with Crippen molar-refractivity contribution < 1.29 is 9.53 Å². The van der Waals surface area contributed by atoms with Gasteiger partial charge in [-0.05, 0) is 345 Å². The normalized spacial score (nSPS) is 23.0. The first-order valence-corrected chi connectivity index (χ1v) is 27.4.